The molecule has 4 N–H and O–H groups in total. The van der Waals surface area contributed by atoms with Crippen molar-refractivity contribution >= 4 is 23.4 Å². The van der Waals surface area contributed by atoms with Gasteiger partial charge in [0.15, 0.2) is 6.61 Å². The van der Waals surface area contributed by atoms with Crippen molar-refractivity contribution in [1.29, 1.82) is 10.5 Å². The molecule has 0 fully saturated rings. The highest BCUT2D eigenvalue weighted by Crippen LogP contribution is 2.28. The van der Waals surface area contributed by atoms with E-state index in [0.717, 1.165) is 5.69 Å². The predicted octanol–water partition coefficient (Wildman–Crippen LogP) is 1.76. The van der Waals surface area contributed by atoms with Crippen LogP contribution in [-0.2, 0) is 4.79 Å². The minimum atomic E-state index is -0.751. The second-order valence-corrected chi connectivity index (χ2v) is 6.26. The summed E-state index contributed by atoms with van der Waals surface area (Å²) in [5.74, 6) is -0.842. The zero-order chi connectivity index (χ0) is 20.8. The third-order valence-electron chi connectivity index (χ3n) is 4.26. The summed E-state index contributed by atoms with van der Waals surface area (Å²) in [6.45, 7) is -0.216. The quantitative estimate of drug-likeness (QED) is 0.725. The number of amides is 1. The molecule has 144 valence electrons. The van der Waals surface area contributed by atoms with Gasteiger partial charge in [0, 0.05) is 0 Å². The molecule has 0 aromatic heterocycles. The predicted molar refractivity (Wildman–Crippen MR) is 108 cm³/mol. The Balaban J connectivity index is 1.89. The largest absolute Gasteiger partial charge is 0.484 e. The Bertz CT molecular complexity index is 1030. The van der Waals surface area contributed by atoms with Gasteiger partial charge in [-0.2, -0.15) is 15.6 Å². The summed E-state index contributed by atoms with van der Waals surface area (Å²) in [5.41, 5.74) is 13.3. The Hall–Kier alpha value is -4.14. The van der Waals surface area contributed by atoms with Gasteiger partial charge in [0.2, 0.25) is 0 Å². The van der Waals surface area contributed by atoms with Gasteiger partial charge in [-0.1, -0.05) is 30.3 Å². The number of carbonyl (C=O) groups excluding carboxylic acids is 1. The minimum Gasteiger partial charge on any atom is -0.484 e. The molecule has 0 spiro atoms. The van der Waals surface area contributed by atoms with E-state index in [1.807, 2.05) is 30.3 Å². The second-order valence-electron chi connectivity index (χ2n) is 6.26. The van der Waals surface area contributed by atoms with Gasteiger partial charge in [-0.05, 0) is 35.9 Å². The molecule has 2 atom stereocenters. The monoisotopic (exact) mass is 386 g/mol. The van der Waals surface area contributed by atoms with Crippen molar-refractivity contribution in [3.8, 4) is 17.9 Å². The number of para-hydroxylation sites is 1. The summed E-state index contributed by atoms with van der Waals surface area (Å²) in [6.07, 6.45) is 0.932. The van der Waals surface area contributed by atoms with Crippen molar-refractivity contribution in [1.82, 2.24) is 0 Å². The number of hydrazone groups is 1. The average Bonchev–Trinajstić information content (AvgIpc) is 3.08. The van der Waals surface area contributed by atoms with Gasteiger partial charge in [0.1, 0.15) is 23.9 Å². The van der Waals surface area contributed by atoms with Crippen LogP contribution < -0.4 is 21.2 Å². The highest BCUT2D eigenvalue weighted by atomic mass is 16.5. The van der Waals surface area contributed by atoms with E-state index in [1.165, 1.54) is 0 Å². The number of hydrogen-bond donors (Lipinski definition) is 2. The maximum absolute atomic E-state index is 10.8. The van der Waals surface area contributed by atoms with E-state index in [1.54, 1.807) is 35.4 Å². The molecule has 0 aliphatic carbocycles. The van der Waals surface area contributed by atoms with Gasteiger partial charge in [-0.15, -0.1) is 0 Å². The van der Waals surface area contributed by atoms with Crippen LogP contribution in [0.4, 0.5) is 5.69 Å². The van der Waals surface area contributed by atoms with E-state index in [4.69, 9.17) is 16.2 Å². The lowest BCUT2D eigenvalue weighted by Crippen LogP contribution is -2.40. The third-order valence-corrected chi connectivity index (χ3v) is 4.26. The van der Waals surface area contributed by atoms with Crippen molar-refractivity contribution in [2.45, 2.75) is 6.17 Å². The van der Waals surface area contributed by atoms with E-state index in [9.17, 15) is 15.3 Å². The number of hydrogen-bond acceptors (Lipinski definition) is 7. The number of carbonyl (C=O) groups is 1. The number of nitriles is 2. The standard InChI is InChI=1S/C21H18N6O2/c22-11-15(10-14-6-8-17(9-7-14)29-13-19(24)28)20-18(12-23)21(25)27(26-20)16-4-2-1-3-5-16/h1-10,18,21H,13,25H2,(H2,24,28)/b15-10-/t18-,21+/m0/s1. The first-order valence-electron chi connectivity index (χ1n) is 8.75. The van der Waals surface area contributed by atoms with E-state index < -0.39 is 18.0 Å². The molecular formula is C21H18N6O2. The minimum absolute atomic E-state index is 0.216. The molecule has 0 saturated carbocycles. The summed E-state index contributed by atoms with van der Waals surface area (Å²) >= 11 is 0. The molecule has 2 aromatic carbocycles. The van der Waals surface area contributed by atoms with Gasteiger partial charge in [-0.25, -0.2) is 5.01 Å². The SMILES string of the molecule is N#C/C(=C/c1ccc(OCC(N)=O)cc1)C1=NN(c2ccccc2)[C@@H](N)[C@H]1C#N. The third kappa shape index (κ3) is 4.41. The first-order valence-corrected chi connectivity index (χ1v) is 8.75. The van der Waals surface area contributed by atoms with Crippen LogP contribution in [0.2, 0.25) is 0 Å². The van der Waals surface area contributed by atoms with Crippen LogP contribution in [0.25, 0.3) is 6.08 Å². The zero-order valence-electron chi connectivity index (χ0n) is 15.4. The van der Waals surface area contributed by atoms with Crippen molar-refractivity contribution < 1.29 is 9.53 Å². The highest BCUT2D eigenvalue weighted by Gasteiger charge is 2.37. The number of allylic oxidation sites excluding steroid dienone is 1. The Morgan fingerprint density at radius 3 is 2.45 bits per heavy atom. The number of primary amides is 1. The van der Waals surface area contributed by atoms with Crippen molar-refractivity contribution in [3.63, 3.8) is 0 Å². The Morgan fingerprint density at radius 1 is 1.17 bits per heavy atom. The number of nitrogens with zero attached hydrogens (tertiary/aromatic N) is 4. The molecule has 1 aliphatic heterocycles. The van der Waals surface area contributed by atoms with E-state index in [2.05, 4.69) is 17.2 Å². The molecular weight excluding hydrogens is 368 g/mol. The van der Waals surface area contributed by atoms with Crippen molar-refractivity contribution in [2.24, 2.45) is 22.5 Å². The maximum Gasteiger partial charge on any atom is 0.255 e. The van der Waals surface area contributed by atoms with Gasteiger partial charge in [0.05, 0.1) is 23.0 Å². The molecule has 3 rings (SSSR count). The van der Waals surface area contributed by atoms with Gasteiger partial charge in [0.25, 0.3) is 5.91 Å². The van der Waals surface area contributed by atoms with Crippen molar-refractivity contribution in [3.05, 3.63) is 65.7 Å². The summed E-state index contributed by atoms with van der Waals surface area (Å²) in [5, 5.41) is 25.3. The van der Waals surface area contributed by atoms with E-state index in [0.29, 0.717) is 17.0 Å². The maximum atomic E-state index is 10.8. The number of rotatable bonds is 6. The smallest absolute Gasteiger partial charge is 0.255 e. The van der Waals surface area contributed by atoms with Crippen LogP contribution >= 0.6 is 0 Å². The second kappa shape index (κ2) is 8.70. The fraction of sp³-hybridized carbons (Fsp3) is 0.143. The first-order chi connectivity index (χ1) is 14.0. The van der Waals surface area contributed by atoms with Gasteiger partial charge < -0.3 is 16.2 Å². The molecule has 0 radical (unpaired) electrons. The summed E-state index contributed by atoms with van der Waals surface area (Å²) in [4.78, 5) is 10.8. The van der Waals surface area contributed by atoms with E-state index >= 15 is 0 Å². The lowest BCUT2D eigenvalue weighted by molar-refractivity contribution is -0.119. The molecule has 29 heavy (non-hydrogen) atoms. The van der Waals surface area contributed by atoms with Crippen LogP contribution in [0, 0.1) is 28.6 Å². The molecule has 2 aromatic rings. The molecule has 0 bridgehead atoms. The van der Waals surface area contributed by atoms with Crippen LogP contribution in [0.15, 0.2) is 65.3 Å². The molecule has 0 unspecified atom stereocenters. The zero-order valence-corrected chi connectivity index (χ0v) is 15.4. The van der Waals surface area contributed by atoms with Gasteiger partial charge >= 0.3 is 0 Å². The first kappa shape index (κ1) is 19.6. The Kier molecular flexibility index (Phi) is 5.88. The fourth-order valence-corrected chi connectivity index (χ4v) is 2.86. The fourth-order valence-electron chi connectivity index (χ4n) is 2.86. The molecule has 8 heteroatoms. The Labute approximate surface area is 167 Å². The molecule has 1 amide bonds. The van der Waals surface area contributed by atoms with Crippen LogP contribution in [0.1, 0.15) is 5.56 Å². The lowest BCUT2D eigenvalue weighted by Gasteiger charge is -2.21. The molecule has 1 aliphatic rings. The summed E-state index contributed by atoms with van der Waals surface area (Å²) in [7, 11) is 0. The van der Waals surface area contributed by atoms with Crippen LogP contribution in [0.5, 0.6) is 5.75 Å². The van der Waals surface area contributed by atoms with Crippen LogP contribution in [-0.4, -0.2) is 24.4 Å². The lowest BCUT2D eigenvalue weighted by atomic mass is 9.95. The number of anilines is 1. The molecule has 0 saturated heterocycles. The van der Waals surface area contributed by atoms with Gasteiger partial charge in [-0.3, -0.25) is 4.79 Å². The Morgan fingerprint density at radius 2 is 1.86 bits per heavy atom. The van der Waals surface area contributed by atoms with Crippen molar-refractivity contribution in [2.75, 3.05) is 11.6 Å². The normalized spacial score (nSPS) is 18.5. The van der Waals surface area contributed by atoms with E-state index in [-0.39, 0.29) is 12.2 Å². The number of benzene rings is 2. The average molecular weight is 386 g/mol. The van der Waals surface area contributed by atoms with Crippen LogP contribution in [0.3, 0.4) is 0 Å². The summed E-state index contributed by atoms with van der Waals surface area (Å²) < 4.78 is 5.21. The number of nitrogens with two attached hydrogens (primary N) is 2. The number of ether oxygens (including phenoxy) is 1. The topological polar surface area (TPSA) is 142 Å². The molecule has 1 heterocycles. The molecule has 8 nitrogen and oxygen atoms in total. The highest BCUT2D eigenvalue weighted by molar-refractivity contribution is 6.11. The summed E-state index contributed by atoms with van der Waals surface area (Å²) in [6, 6.07) is 20.2.